The largest absolute Gasteiger partial charge is 0.490 e. The molecule has 0 fully saturated rings. The van der Waals surface area contributed by atoms with Crippen LogP contribution in [0, 0.1) is 0 Å². The Balaban J connectivity index is 1.82. The Bertz CT molecular complexity index is 603. The summed E-state index contributed by atoms with van der Waals surface area (Å²) < 4.78 is 11.3. The minimum Gasteiger partial charge on any atom is -0.490 e. The number of nitrogens with zero attached hydrogens (tertiary/aromatic N) is 2. The first-order chi connectivity index (χ1) is 9.85. The predicted octanol–water partition coefficient (Wildman–Crippen LogP) is 2.42. The molecule has 2 aromatic rings. The molecule has 0 aliphatic carbocycles. The van der Waals surface area contributed by atoms with Gasteiger partial charge in [0.25, 0.3) is 0 Å². The maximum atomic E-state index is 5.66. The summed E-state index contributed by atoms with van der Waals surface area (Å²) in [6.45, 7) is 1.36. The molecular formula is C14H16N4O2. The Morgan fingerprint density at radius 1 is 1.05 bits per heavy atom. The fourth-order valence-electron chi connectivity index (χ4n) is 1.94. The summed E-state index contributed by atoms with van der Waals surface area (Å²) in [5.74, 6) is 2.92. The molecule has 0 unspecified atom stereocenters. The van der Waals surface area contributed by atoms with Crippen molar-refractivity contribution < 1.29 is 9.47 Å². The maximum Gasteiger partial charge on any atom is 0.163 e. The second-order valence-electron chi connectivity index (χ2n) is 4.38. The van der Waals surface area contributed by atoms with Crippen molar-refractivity contribution in [2.75, 3.05) is 30.9 Å². The van der Waals surface area contributed by atoms with Gasteiger partial charge in [-0.1, -0.05) is 0 Å². The topological polar surface area (TPSA) is 68.3 Å². The van der Waals surface area contributed by atoms with Gasteiger partial charge in [-0.2, -0.15) is 0 Å². The highest BCUT2D eigenvalue weighted by molar-refractivity contribution is 5.61. The van der Waals surface area contributed by atoms with Gasteiger partial charge in [-0.3, -0.25) is 4.98 Å². The number of benzene rings is 1. The molecule has 0 spiro atoms. The van der Waals surface area contributed by atoms with Gasteiger partial charge in [0.2, 0.25) is 0 Å². The van der Waals surface area contributed by atoms with Crippen LogP contribution in [0.25, 0.3) is 0 Å². The summed E-state index contributed by atoms with van der Waals surface area (Å²) >= 11 is 0. The van der Waals surface area contributed by atoms with Crippen molar-refractivity contribution in [2.24, 2.45) is 0 Å². The molecule has 2 heterocycles. The van der Waals surface area contributed by atoms with Crippen molar-refractivity contribution in [3.05, 3.63) is 30.6 Å². The van der Waals surface area contributed by atoms with Crippen molar-refractivity contribution in [1.29, 1.82) is 0 Å². The molecule has 1 aliphatic rings. The van der Waals surface area contributed by atoms with Crippen LogP contribution < -0.4 is 20.1 Å². The van der Waals surface area contributed by atoms with Gasteiger partial charge in [-0.05, 0) is 12.1 Å². The quantitative estimate of drug-likeness (QED) is 0.894. The standard InChI is InChI=1S/C14H16N4O2/c1-15-13-8-16-9-14(18-13)17-10-3-4-11-12(7-10)20-6-2-5-19-11/h3-4,7-9H,2,5-6H2,1H3,(H2,15,17,18). The lowest BCUT2D eigenvalue weighted by Crippen LogP contribution is -1.99. The third kappa shape index (κ3) is 2.74. The van der Waals surface area contributed by atoms with Crippen molar-refractivity contribution in [3.63, 3.8) is 0 Å². The van der Waals surface area contributed by atoms with Crippen LogP contribution in [0.4, 0.5) is 17.3 Å². The lowest BCUT2D eigenvalue weighted by atomic mass is 10.2. The molecule has 0 saturated heterocycles. The zero-order chi connectivity index (χ0) is 13.8. The van der Waals surface area contributed by atoms with Gasteiger partial charge < -0.3 is 20.1 Å². The molecule has 1 aromatic heterocycles. The monoisotopic (exact) mass is 272 g/mol. The number of fused-ring (bicyclic) bond motifs is 1. The van der Waals surface area contributed by atoms with Gasteiger partial charge in [-0.15, -0.1) is 0 Å². The highest BCUT2D eigenvalue weighted by Crippen LogP contribution is 2.33. The summed E-state index contributed by atoms with van der Waals surface area (Å²) in [5, 5.41) is 6.15. The molecule has 3 rings (SSSR count). The highest BCUT2D eigenvalue weighted by Gasteiger charge is 2.10. The van der Waals surface area contributed by atoms with Crippen LogP contribution in [-0.4, -0.2) is 30.2 Å². The van der Waals surface area contributed by atoms with E-state index in [1.165, 1.54) is 0 Å². The summed E-state index contributed by atoms with van der Waals surface area (Å²) in [7, 11) is 1.81. The normalized spacial score (nSPS) is 13.4. The van der Waals surface area contributed by atoms with Gasteiger partial charge in [0, 0.05) is 25.2 Å². The maximum absolute atomic E-state index is 5.66. The first kappa shape index (κ1) is 12.5. The van der Waals surface area contributed by atoms with Gasteiger partial charge in [0.15, 0.2) is 17.3 Å². The zero-order valence-corrected chi connectivity index (χ0v) is 11.2. The first-order valence-electron chi connectivity index (χ1n) is 6.51. The molecule has 0 saturated carbocycles. The van der Waals surface area contributed by atoms with Crippen molar-refractivity contribution in [1.82, 2.24) is 9.97 Å². The van der Waals surface area contributed by atoms with Gasteiger partial charge in [0.05, 0.1) is 25.6 Å². The van der Waals surface area contributed by atoms with E-state index in [-0.39, 0.29) is 0 Å². The van der Waals surface area contributed by atoms with Crippen molar-refractivity contribution >= 4 is 17.3 Å². The summed E-state index contributed by atoms with van der Waals surface area (Å²) in [5.41, 5.74) is 0.886. The van der Waals surface area contributed by atoms with E-state index in [4.69, 9.17) is 9.47 Å². The van der Waals surface area contributed by atoms with E-state index in [1.807, 2.05) is 18.2 Å². The first-order valence-corrected chi connectivity index (χ1v) is 6.51. The lowest BCUT2D eigenvalue weighted by Gasteiger charge is -2.11. The molecule has 0 radical (unpaired) electrons. The highest BCUT2D eigenvalue weighted by atomic mass is 16.5. The van der Waals surface area contributed by atoms with E-state index in [2.05, 4.69) is 20.6 Å². The third-order valence-electron chi connectivity index (χ3n) is 2.91. The second-order valence-corrected chi connectivity index (χ2v) is 4.38. The van der Waals surface area contributed by atoms with Crippen LogP contribution >= 0.6 is 0 Å². The Kier molecular flexibility index (Phi) is 3.54. The van der Waals surface area contributed by atoms with Crippen LogP contribution in [0.3, 0.4) is 0 Å². The zero-order valence-electron chi connectivity index (χ0n) is 11.2. The Morgan fingerprint density at radius 2 is 1.85 bits per heavy atom. The fraction of sp³-hybridized carbons (Fsp3) is 0.286. The molecule has 104 valence electrons. The van der Waals surface area contributed by atoms with Gasteiger partial charge >= 0.3 is 0 Å². The van der Waals surface area contributed by atoms with Crippen LogP contribution in [-0.2, 0) is 0 Å². The van der Waals surface area contributed by atoms with Gasteiger partial charge in [-0.25, -0.2) is 4.98 Å². The Hall–Kier alpha value is -2.50. The number of anilines is 3. The average Bonchev–Trinajstić information content (AvgIpc) is 2.72. The molecule has 0 atom stereocenters. The molecule has 1 aromatic carbocycles. The fourth-order valence-corrected chi connectivity index (χ4v) is 1.94. The summed E-state index contributed by atoms with van der Waals surface area (Å²) in [6, 6.07) is 5.74. The van der Waals surface area contributed by atoms with Crippen LogP contribution in [0.2, 0.25) is 0 Å². The van der Waals surface area contributed by atoms with Crippen molar-refractivity contribution in [2.45, 2.75) is 6.42 Å². The molecule has 0 bridgehead atoms. The van der Waals surface area contributed by atoms with E-state index in [0.29, 0.717) is 24.8 Å². The molecule has 1 aliphatic heterocycles. The van der Waals surface area contributed by atoms with Crippen LogP contribution in [0.5, 0.6) is 11.5 Å². The van der Waals surface area contributed by atoms with E-state index < -0.39 is 0 Å². The molecular weight excluding hydrogens is 256 g/mol. The molecule has 6 heteroatoms. The molecule has 20 heavy (non-hydrogen) atoms. The minimum absolute atomic E-state index is 0.672. The predicted molar refractivity (Wildman–Crippen MR) is 76.9 cm³/mol. The van der Waals surface area contributed by atoms with Crippen molar-refractivity contribution in [3.8, 4) is 11.5 Å². The second kappa shape index (κ2) is 5.64. The number of ether oxygens (including phenoxy) is 2. The SMILES string of the molecule is CNc1cncc(Nc2ccc3c(c2)OCCCO3)n1. The molecule has 6 nitrogen and oxygen atoms in total. The smallest absolute Gasteiger partial charge is 0.163 e. The van der Waals surface area contributed by atoms with E-state index in [1.54, 1.807) is 19.4 Å². The number of rotatable bonds is 3. The van der Waals surface area contributed by atoms with E-state index >= 15 is 0 Å². The third-order valence-corrected chi connectivity index (χ3v) is 2.91. The Labute approximate surface area is 117 Å². The van der Waals surface area contributed by atoms with Gasteiger partial charge in [0.1, 0.15) is 5.82 Å². The Morgan fingerprint density at radius 3 is 2.70 bits per heavy atom. The number of aromatic nitrogens is 2. The van der Waals surface area contributed by atoms with Crippen LogP contribution in [0.1, 0.15) is 6.42 Å². The molecule has 2 N–H and O–H groups in total. The summed E-state index contributed by atoms with van der Waals surface area (Å²) in [6.07, 6.45) is 4.23. The van der Waals surface area contributed by atoms with E-state index in [0.717, 1.165) is 23.6 Å². The van der Waals surface area contributed by atoms with E-state index in [9.17, 15) is 0 Å². The average molecular weight is 272 g/mol. The minimum atomic E-state index is 0.672. The number of nitrogens with one attached hydrogen (secondary N) is 2. The van der Waals surface area contributed by atoms with Crippen LogP contribution in [0.15, 0.2) is 30.6 Å². The lowest BCUT2D eigenvalue weighted by molar-refractivity contribution is 0.297. The molecule has 0 amide bonds. The summed E-state index contributed by atoms with van der Waals surface area (Å²) in [4.78, 5) is 8.47. The number of hydrogen-bond donors (Lipinski definition) is 2. The number of hydrogen-bond acceptors (Lipinski definition) is 6.